The number of halogens is 2. The Labute approximate surface area is 109 Å². The number of furan rings is 1. The van der Waals surface area contributed by atoms with Crippen molar-refractivity contribution < 1.29 is 13.5 Å². The highest BCUT2D eigenvalue weighted by Gasteiger charge is 2.21. The molecular formula is C13H13ClFNO2. The molecular weight excluding hydrogens is 257 g/mol. The van der Waals surface area contributed by atoms with E-state index in [1.165, 1.54) is 18.2 Å². The predicted octanol–water partition coefficient (Wildman–Crippen LogP) is 3.54. The molecule has 2 aromatic rings. The molecule has 0 fully saturated rings. The average Bonchev–Trinajstić information content (AvgIpc) is 2.83. The number of benzene rings is 1. The Kier molecular flexibility index (Phi) is 3.89. The van der Waals surface area contributed by atoms with Crippen LogP contribution in [-0.4, -0.2) is 6.04 Å². The molecule has 0 saturated carbocycles. The Hall–Kier alpha value is -1.52. The number of ether oxygens (including phenoxy) is 1. The summed E-state index contributed by atoms with van der Waals surface area (Å²) < 4.78 is 24.0. The van der Waals surface area contributed by atoms with Crippen LogP contribution < -0.4 is 10.5 Å². The lowest BCUT2D eigenvalue weighted by Crippen LogP contribution is -2.28. The van der Waals surface area contributed by atoms with Crippen molar-refractivity contribution in [3.8, 4) is 5.75 Å². The maximum absolute atomic E-state index is 13.0. The van der Waals surface area contributed by atoms with Crippen LogP contribution in [0.5, 0.6) is 5.75 Å². The Morgan fingerprint density at radius 3 is 2.72 bits per heavy atom. The maximum atomic E-state index is 13.0. The summed E-state index contributed by atoms with van der Waals surface area (Å²) >= 11 is 5.69. The fourth-order valence-corrected chi connectivity index (χ4v) is 1.74. The second kappa shape index (κ2) is 5.42. The van der Waals surface area contributed by atoms with Gasteiger partial charge in [0.1, 0.15) is 17.3 Å². The van der Waals surface area contributed by atoms with Crippen LogP contribution in [-0.2, 0) is 0 Å². The summed E-state index contributed by atoms with van der Waals surface area (Å²) in [6, 6.07) is 7.41. The third kappa shape index (κ3) is 2.83. The van der Waals surface area contributed by atoms with Gasteiger partial charge in [0, 0.05) is 12.1 Å². The Balaban J connectivity index is 2.21. The van der Waals surface area contributed by atoms with Crippen molar-refractivity contribution in [3.05, 3.63) is 53.2 Å². The Morgan fingerprint density at radius 1 is 1.39 bits per heavy atom. The van der Waals surface area contributed by atoms with Gasteiger partial charge in [0.25, 0.3) is 0 Å². The maximum Gasteiger partial charge on any atom is 0.171 e. The zero-order chi connectivity index (χ0) is 13.1. The van der Waals surface area contributed by atoms with Crippen LogP contribution in [0.3, 0.4) is 0 Å². The molecule has 2 unspecified atom stereocenters. The van der Waals surface area contributed by atoms with Crippen LogP contribution in [0, 0.1) is 5.82 Å². The van der Waals surface area contributed by atoms with Crippen molar-refractivity contribution in [2.75, 3.05) is 0 Å². The molecule has 96 valence electrons. The average molecular weight is 270 g/mol. The normalized spacial score (nSPS) is 14.2. The standard InChI is InChI=1S/C13H13ClFNO2/c1-8(16)13(12-3-2-6-17-12)18-9-4-5-11(15)10(14)7-9/h2-8,13H,16H2,1H3. The van der Waals surface area contributed by atoms with Gasteiger partial charge in [0.2, 0.25) is 0 Å². The lowest BCUT2D eigenvalue weighted by Gasteiger charge is -2.20. The highest BCUT2D eigenvalue weighted by Crippen LogP contribution is 2.27. The molecule has 18 heavy (non-hydrogen) atoms. The van der Waals surface area contributed by atoms with E-state index in [1.54, 1.807) is 25.3 Å². The summed E-state index contributed by atoms with van der Waals surface area (Å²) in [5.74, 6) is 0.574. The topological polar surface area (TPSA) is 48.4 Å². The van der Waals surface area contributed by atoms with Crippen molar-refractivity contribution >= 4 is 11.6 Å². The fraction of sp³-hybridized carbons (Fsp3) is 0.231. The second-order valence-corrected chi connectivity index (χ2v) is 4.40. The first-order valence-corrected chi connectivity index (χ1v) is 5.86. The van der Waals surface area contributed by atoms with Gasteiger partial charge in [-0.1, -0.05) is 11.6 Å². The van der Waals surface area contributed by atoms with E-state index in [-0.39, 0.29) is 11.1 Å². The van der Waals surface area contributed by atoms with Crippen molar-refractivity contribution in [1.29, 1.82) is 0 Å². The highest BCUT2D eigenvalue weighted by atomic mass is 35.5. The zero-order valence-corrected chi connectivity index (χ0v) is 10.5. The third-order valence-electron chi connectivity index (χ3n) is 2.46. The van der Waals surface area contributed by atoms with Crippen LogP contribution in [0.2, 0.25) is 5.02 Å². The molecule has 1 aromatic carbocycles. The van der Waals surface area contributed by atoms with Crippen molar-refractivity contribution in [2.24, 2.45) is 5.73 Å². The Morgan fingerprint density at radius 2 is 2.17 bits per heavy atom. The minimum Gasteiger partial charge on any atom is -0.481 e. The molecule has 3 nitrogen and oxygen atoms in total. The van der Waals surface area contributed by atoms with Crippen LogP contribution >= 0.6 is 11.6 Å². The molecule has 0 saturated heterocycles. The van der Waals surface area contributed by atoms with Crippen LogP contribution in [0.15, 0.2) is 41.0 Å². The summed E-state index contributed by atoms with van der Waals surface area (Å²) in [6.07, 6.45) is 1.10. The van der Waals surface area contributed by atoms with Gasteiger partial charge in [-0.05, 0) is 31.2 Å². The van der Waals surface area contributed by atoms with Crippen molar-refractivity contribution in [2.45, 2.75) is 19.1 Å². The largest absolute Gasteiger partial charge is 0.481 e. The fourth-order valence-electron chi connectivity index (χ4n) is 1.57. The first-order chi connectivity index (χ1) is 8.58. The number of rotatable bonds is 4. The first kappa shape index (κ1) is 12.9. The van der Waals surface area contributed by atoms with Crippen LogP contribution in [0.1, 0.15) is 18.8 Å². The molecule has 0 amide bonds. The Bertz CT molecular complexity index is 514. The summed E-state index contributed by atoms with van der Waals surface area (Å²) in [6.45, 7) is 1.80. The van der Waals surface area contributed by atoms with E-state index < -0.39 is 11.9 Å². The van der Waals surface area contributed by atoms with Gasteiger partial charge in [-0.2, -0.15) is 0 Å². The van der Waals surface area contributed by atoms with Gasteiger partial charge in [0.15, 0.2) is 6.10 Å². The van der Waals surface area contributed by atoms with E-state index in [0.717, 1.165) is 0 Å². The molecule has 2 atom stereocenters. The lowest BCUT2D eigenvalue weighted by molar-refractivity contribution is 0.153. The quantitative estimate of drug-likeness (QED) is 0.923. The summed E-state index contributed by atoms with van der Waals surface area (Å²) in [5, 5.41) is 0.00960. The van der Waals surface area contributed by atoms with E-state index in [0.29, 0.717) is 11.5 Å². The smallest absolute Gasteiger partial charge is 0.171 e. The number of hydrogen-bond donors (Lipinski definition) is 1. The molecule has 0 bridgehead atoms. The van der Waals surface area contributed by atoms with E-state index >= 15 is 0 Å². The van der Waals surface area contributed by atoms with Gasteiger partial charge in [-0.15, -0.1) is 0 Å². The molecule has 0 aliphatic rings. The third-order valence-corrected chi connectivity index (χ3v) is 2.74. The molecule has 0 radical (unpaired) electrons. The molecule has 2 rings (SSSR count). The van der Waals surface area contributed by atoms with Crippen LogP contribution in [0.4, 0.5) is 4.39 Å². The van der Waals surface area contributed by atoms with Gasteiger partial charge in [-0.3, -0.25) is 0 Å². The molecule has 2 N–H and O–H groups in total. The minimum atomic E-state index is -0.487. The van der Waals surface area contributed by atoms with Gasteiger partial charge >= 0.3 is 0 Å². The number of nitrogens with two attached hydrogens (primary N) is 1. The molecule has 5 heteroatoms. The first-order valence-electron chi connectivity index (χ1n) is 5.48. The van der Waals surface area contributed by atoms with Gasteiger partial charge in [-0.25, -0.2) is 4.39 Å². The summed E-state index contributed by atoms with van der Waals surface area (Å²) in [4.78, 5) is 0. The summed E-state index contributed by atoms with van der Waals surface area (Å²) in [7, 11) is 0. The monoisotopic (exact) mass is 269 g/mol. The van der Waals surface area contributed by atoms with Crippen molar-refractivity contribution in [1.82, 2.24) is 0 Å². The van der Waals surface area contributed by atoms with E-state index in [9.17, 15) is 4.39 Å². The molecule has 1 heterocycles. The van der Waals surface area contributed by atoms with Crippen molar-refractivity contribution in [3.63, 3.8) is 0 Å². The van der Waals surface area contributed by atoms with E-state index in [4.69, 9.17) is 26.5 Å². The second-order valence-electron chi connectivity index (χ2n) is 3.99. The van der Waals surface area contributed by atoms with E-state index in [1.807, 2.05) is 0 Å². The number of hydrogen-bond acceptors (Lipinski definition) is 3. The predicted molar refractivity (Wildman–Crippen MR) is 67.1 cm³/mol. The van der Waals surface area contributed by atoms with Crippen LogP contribution in [0.25, 0.3) is 0 Å². The molecule has 0 aliphatic heterocycles. The molecule has 0 spiro atoms. The summed E-state index contributed by atoms with van der Waals surface area (Å²) in [5.41, 5.74) is 5.85. The zero-order valence-electron chi connectivity index (χ0n) is 9.77. The SMILES string of the molecule is CC(N)C(Oc1ccc(F)c(Cl)c1)c1ccco1. The lowest BCUT2D eigenvalue weighted by atomic mass is 10.1. The molecule has 0 aliphatic carbocycles. The van der Waals surface area contributed by atoms with E-state index in [2.05, 4.69) is 0 Å². The minimum absolute atomic E-state index is 0.00960. The molecule has 1 aromatic heterocycles. The van der Waals surface area contributed by atoms with Gasteiger partial charge < -0.3 is 14.9 Å². The highest BCUT2D eigenvalue weighted by molar-refractivity contribution is 6.30. The van der Waals surface area contributed by atoms with Gasteiger partial charge in [0.05, 0.1) is 11.3 Å².